The summed E-state index contributed by atoms with van der Waals surface area (Å²) in [6, 6.07) is 23.4. The Balaban J connectivity index is 1.51. The summed E-state index contributed by atoms with van der Waals surface area (Å²) in [4.78, 5) is 12.9. The second kappa shape index (κ2) is 10.9. The predicted molar refractivity (Wildman–Crippen MR) is 150 cm³/mol. The van der Waals surface area contributed by atoms with Crippen LogP contribution in [0.3, 0.4) is 0 Å². The van der Waals surface area contributed by atoms with E-state index < -0.39 is 26.0 Å². The molecule has 38 heavy (non-hydrogen) atoms. The Kier molecular flexibility index (Phi) is 7.77. The summed E-state index contributed by atoms with van der Waals surface area (Å²) in [6.45, 7) is 3.43. The zero-order chi connectivity index (χ0) is 27.5. The van der Waals surface area contributed by atoms with E-state index in [9.17, 15) is 21.6 Å². The number of hydrogen-bond acceptors (Lipinski definition) is 5. The van der Waals surface area contributed by atoms with Crippen molar-refractivity contribution >= 4 is 54.6 Å². The van der Waals surface area contributed by atoms with E-state index in [1.807, 2.05) is 0 Å². The zero-order valence-corrected chi connectivity index (χ0v) is 22.8. The van der Waals surface area contributed by atoms with Crippen molar-refractivity contribution in [2.24, 2.45) is 0 Å². The van der Waals surface area contributed by atoms with Crippen LogP contribution in [0.4, 0.5) is 17.1 Å². The standard InChI is InChI=1S/C27H24ClN3O5S2/c1-18-7-3-5-9-24(18)30-38(35,36)26-17-20(12-11-19(26)2)27(32)29-21-13-15-22(16-14-21)37(33,34)31-25-10-6-4-8-23(25)28/h3-17,30-31H,1-2H3,(H,29,32). The van der Waals surface area contributed by atoms with Crippen LogP contribution in [-0.2, 0) is 20.0 Å². The maximum Gasteiger partial charge on any atom is 0.262 e. The Hall–Kier alpha value is -3.86. The number of para-hydroxylation sites is 2. The highest BCUT2D eigenvalue weighted by atomic mass is 35.5. The van der Waals surface area contributed by atoms with Gasteiger partial charge in [0, 0.05) is 11.3 Å². The number of benzene rings is 4. The summed E-state index contributed by atoms with van der Waals surface area (Å²) < 4.78 is 56.6. The molecular formula is C27H24ClN3O5S2. The number of nitrogens with one attached hydrogen (secondary N) is 3. The average molecular weight is 570 g/mol. The van der Waals surface area contributed by atoms with Gasteiger partial charge in [0.25, 0.3) is 26.0 Å². The molecule has 0 aliphatic heterocycles. The third kappa shape index (κ3) is 6.16. The molecule has 196 valence electrons. The van der Waals surface area contributed by atoms with E-state index in [-0.39, 0.29) is 26.1 Å². The van der Waals surface area contributed by atoms with Gasteiger partial charge >= 0.3 is 0 Å². The number of carbonyl (C=O) groups excluding carboxylic acids is 1. The van der Waals surface area contributed by atoms with Gasteiger partial charge in [0.15, 0.2) is 0 Å². The van der Waals surface area contributed by atoms with Gasteiger partial charge < -0.3 is 5.32 Å². The van der Waals surface area contributed by atoms with E-state index in [0.717, 1.165) is 5.56 Å². The lowest BCUT2D eigenvalue weighted by Gasteiger charge is -2.14. The number of anilines is 3. The van der Waals surface area contributed by atoms with Gasteiger partial charge in [-0.15, -0.1) is 0 Å². The fourth-order valence-electron chi connectivity index (χ4n) is 3.59. The Morgan fingerprint density at radius 2 is 1.29 bits per heavy atom. The normalized spacial score (nSPS) is 11.6. The molecule has 8 nitrogen and oxygen atoms in total. The minimum Gasteiger partial charge on any atom is -0.322 e. The van der Waals surface area contributed by atoms with Crippen LogP contribution in [0.2, 0.25) is 5.02 Å². The van der Waals surface area contributed by atoms with Gasteiger partial charge in [-0.3, -0.25) is 14.2 Å². The minimum absolute atomic E-state index is 0.0265. The fourth-order valence-corrected chi connectivity index (χ4v) is 6.31. The number of sulfonamides is 2. The van der Waals surface area contributed by atoms with Crippen molar-refractivity contribution in [1.82, 2.24) is 0 Å². The highest BCUT2D eigenvalue weighted by molar-refractivity contribution is 7.93. The van der Waals surface area contributed by atoms with Crippen LogP contribution >= 0.6 is 11.6 Å². The molecule has 0 fully saturated rings. The molecule has 4 rings (SSSR count). The lowest BCUT2D eigenvalue weighted by atomic mass is 10.1. The second-order valence-corrected chi connectivity index (χ2v) is 12.2. The molecule has 1 amide bonds. The summed E-state index contributed by atoms with van der Waals surface area (Å²) >= 11 is 6.04. The van der Waals surface area contributed by atoms with Crippen molar-refractivity contribution in [2.45, 2.75) is 23.6 Å². The summed E-state index contributed by atoms with van der Waals surface area (Å²) in [5.74, 6) is -0.554. The van der Waals surface area contributed by atoms with Gasteiger partial charge in [-0.05, 0) is 79.6 Å². The second-order valence-electron chi connectivity index (χ2n) is 8.46. The zero-order valence-electron chi connectivity index (χ0n) is 20.4. The minimum atomic E-state index is -3.96. The number of aryl methyl sites for hydroxylation is 2. The molecule has 0 saturated heterocycles. The smallest absolute Gasteiger partial charge is 0.262 e. The number of amides is 1. The molecule has 0 saturated carbocycles. The largest absolute Gasteiger partial charge is 0.322 e. The van der Waals surface area contributed by atoms with Crippen molar-refractivity contribution in [1.29, 1.82) is 0 Å². The molecule has 4 aromatic carbocycles. The van der Waals surface area contributed by atoms with Crippen molar-refractivity contribution in [3.63, 3.8) is 0 Å². The van der Waals surface area contributed by atoms with E-state index in [0.29, 0.717) is 16.9 Å². The van der Waals surface area contributed by atoms with E-state index in [1.54, 1.807) is 68.4 Å². The molecule has 3 N–H and O–H groups in total. The van der Waals surface area contributed by atoms with Crippen molar-refractivity contribution in [3.8, 4) is 0 Å². The maximum atomic E-state index is 13.1. The number of halogens is 1. The number of hydrogen-bond donors (Lipinski definition) is 3. The Bertz CT molecular complexity index is 1720. The van der Waals surface area contributed by atoms with Crippen molar-refractivity contribution in [3.05, 3.63) is 113 Å². The molecule has 4 aromatic rings. The highest BCUT2D eigenvalue weighted by Gasteiger charge is 2.21. The molecule has 0 radical (unpaired) electrons. The summed E-state index contributed by atoms with van der Waals surface area (Å²) in [6.07, 6.45) is 0. The van der Waals surface area contributed by atoms with E-state index in [4.69, 9.17) is 11.6 Å². The van der Waals surface area contributed by atoms with Crippen LogP contribution in [0.5, 0.6) is 0 Å². The summed E-state index contributed by atoms with van der Waals surface area (Å²) in [5.41, 5.74) is 2.38. The first kappa shape index (κ1) is 27.2. The average Bonchev–Trinajstić information content (AvgIpc) is 2.87. The summed E-state index contributed by atoms with van der Waals surface area (Å²) in [7, 11) is -7.87. The van der Waals surface area contributed by atoms with Crippen LogP contribution in [0.25, 0.3) is 0 Å². The first-order valence-corrected chi connectivity index (χ1v) is 14.7. The fraction of sp³-hybridized carbons (Fsp3) is 0.0741. The van der Waals surface area contributed by atoms with Crippen LogP contribution in [0, 0.1) is 13.8 Å². The van der Waals surface area contributed by atoms with Crippen LogP contribution in [-0.4, -0.2) is 22.7 Å². The molecular weight excluding hydrogens is 546 g/mol. The lowest BCUT2D eigenvalue weighted by Crippen LogP contribution is -2.17. The first-order valence-electron chi connectivity index (χ1n) is 11.3. The van der Waals surface area contributed by atoms with Gasteiger partial charge in [-0.1, -0.05) is 48.0 Å². The summed E-state index contributed by atoms with van der Waals surface area (Å²) in [5, 5.41) is 2.92. The topological polar surface area (TPSA) is 121 Å². The quantitative estimate of drug-likeness (QED) is 0.247. The molecule has 0 bridgehead atoms. The third-order valence-corrected chi connectivity index (χ3v) is 8.89. The van der Waals surface area contributed by atoms with Crippen molar-refractivity contribution in [2.75, 3.05) is 14.8 Å². The monoisotopic (exact) mass is 569 g/mol. The SMILES string of the molecule is Cc1ccccc1NS(=O)(=O)c1cc(C(=O)Nc2ccc(S(=O)(=O)Nc3ccccc3Cl)cc2)ccc1C. The van der Waals surface area contributed by atoms with Crippen molar-refractivity contribution < 1.29 is 21.6 Å². The Morgan fingerprint density at radius 1 is 0.684 bits per heavy atom. The lowest BCUT2D eigenvalue weighted by molar-refractivity contribution is 0.102. The Labute approximate surface area is 226 Å². The van der Waals surface area contributed by atoms with E-state index in [2.05, 4.69) is 14.8 Å². The number of rotatable bonds is 8. The van der Waals surface area contributed by atoms with Gasteiger partial charge in [0.2, 0.25) is 0 Å². The predicted octanol–water partition coefficient (Wildman–Crippen LogP) is 5.81. The van der Waals surface area contributed by atoms with Gasteiger partial charge in [0.05, 0.1) is 26.2 Å². The molecule has 0 spiro atoms. The van der Waals surface area contributed by atoms with Gasteiger partial charge in [-0.25, -0.2) is 16.8 Å². The molecule has 0 aliphatic carbocycles. The molecule has 0 unspecified atom stereocenters. The van der Waals surface area contributed by atoms with Crippen LogP contribution < -0.4 is 14.8 Å². The van der Waals surface area contributed by atoms with Crippen LogP contribution in [0.1, 0.15) is 21.5 Å². The molecule has 11 heteroatoms. The first-order chi connectivity index (χ1) is 18.0. The maximum absolute atomic E-state index is 13.1. The molecule has 0 heterocycles. The van der Waals surface area contributed by atoms with E-state index >= 15 is 0 Å². The molecule has 0 atom stereocenters. The third-order valence-electron chi connectivity index (χ3n) is 5.67. The number of carbonyl (C=O) groups is 1. The van der Waals surface area contributed by atoms with Gasteiger partial charge in [0.1, 0.15) is 0 Å². The highest BCUT2D eigenvalue weighted by Crippen LogP contribution is 2.26. The molecule has 0 aliphatic rings. The molecule has 0 aromatic heterocycles. The van der Waals surface area contributed by atoms with Gasteiger partial charge in [-0.2, -0.15) is 0 Å². The van der Waals surface area contributed by atoms with E-state index in [1.165, 1.54) is 36.4 Å². The Morgan fingerprint density at radius 3 is 1.95 bits per heavy atom. The van der Waals surface area contributed by atoms with Crippen LogP contribution in [0.15, 0.2) is 101 Å².